The Hall–Kier alpha value is -2.56. The Morgan fingerprint density at radius 1 is 1.26 bits per heavy atom. The number of hydrogen-bond acceptors (Lipinski definition) is 4. The number of rotatable bonds is 3. The molecule has 5 nitrogen and oxygen atoms in total. The van der Waals surface area contributed by atoms with Gasteiger partial charge in [0.2, 0.25) is 0 Å². The lowest BCUT2D eigenvalue weighted by atomic mass is 10.1. The maximum absolute atomic E-state index is 12.3. The van der Waals surface area contributed by atoms with Crippen LogP contribution in [0.5, 0.6) is 5.75 Å². The van der Waals surface area contributed by atoms with Crippen molar-refractivity contribution < 1.29 is 9.53 Å². The number of amides is 1. The summed E-state index contributed by atoms with van der Waals surface area (Å²) < 4.78 is 5.12. The van der Waals surface area contributed by atoms with Crippen molar-refractivity contribution in [3.05, 3.63) is 48.3 Å². The smallest absolute Gasteiger partial charge is 0.258 e. The molecule has 19 heavy (non-hydrogen) atoms. The molecule has 0 atom stereocenters. The topological polar surface area (TPSA) is 68.5 Å². The standard InChI is InChI=1S/C14H15N3O2/c1-17(11-5-7-16-8-6-11)14(18)10-3-4-12(15)13(9-10)19-2/h3-9H,15H2,1-2H3. The first-order valence-electron chi connectivity index (χ1n) is 5.75. The summed E-state index contributed by atoms with van der Waals surface area (Å²) >= 11 is 0. The van der Waals surface area contributed by atoms with Crippen LogP contribution in [0.4, 0.5) is 11.4 Å². The molecular weight excluding hydrogens is 242 g/mol. The fraction of sp³-hybridized carbons (Fsp3) is 0.143. The highest BCUT2D eigenvalue weighted by atomic mass is 16.5. The van der Waals surface area contributed by atoms with Crippen molar-refractivity contribution in [3.8, 4) is 5.75 Å². The minimum absolute atomic E-state index is 0.135. The van der Waals surface area contributed by atoms with E-state index in [-0.39, 0.29) is 5.91 Å². The van der Waals surface area contributed by atoms with Crippen LogP contribution in [0.25, 0.3) is 0 Å². The summed E-state index contributed by atoms with van der Waals surface area (Å²) in [6, 6.07) is 8.51. The minimum atomic E-state index is -0.135. The zero-order chi connectivity index (χ0) is 13.8. The maximum atomic E-state index is 12.3. The molecule has 0 fully saturated rings. The van der Waals surface area contributed by atoms with E-state index in [1.807, 2.05) is 0 Å². The SMILES string of the molecule is COc1cc(C(=O)N(C)c2ccncc2)ccc1N. The average Bonchev–Trinajstić information content (AvgIpc) is 2.47. The van der Waals surface area contributed by atoms with Crippen molar-refractivity contribution in [3.63, 3.8) is 0 Å². The minimum Gasteiger partial charge on any atom is -0.495 e. The van der Waals surface area contributed by atoms with Crippen molar-refractivity contribution in [1.82, 2.24) is 4.98 Å². The molecule has 5 heteroatoms. The number of nitrogens with two attached hydrogens (primary N) is 1. The van der Waals surface area contributed by atoms with E-state index < -0.39 is 0 Å². The van der Waals surface area contributed by atoms with Crippen LogP contribution in [0.1, 0.15) is 10.4 Å². The van der Waals surface area contributed by atoms with E-state index in [1.54, 1.807) is 54.7 Å². The van der Waals surface area contributed by atoms with E-state index in [0.29, 0.717) is 17.0 Å². The van der Waals surface area contributed by atoms with Gasteiger partial charge in [-0.15, -0.1) is 0 Å². The van der Waals surface area contributed by atoms with Gasteiger partial charge in [-0.2, -0.15) is 0 Å². The molecule has 98 valence electrons. The number of carbonyl (C=O) groups is 1. The molecule has 0 spiro atoms. The summed E-state index contributed by atoms with van der Waals surface area (Å²) in [5.74, 6) is 0.360. The molecule has 1 aromatic carbocycles. The number of ether oxygens (including phenoxy) is 1. The van der Waals surface area contributed by atoms with Gasteiger partial charge in [0.1, 0.15) is 5.75 Å². The van der Waals surface area contributed by atoms with Gasteiger partial charge in [-0.3, -0.25) is 9.78 Å². The second-order valence-electron chi connectivity index (χ2n) is 4.03. The number of nitrogen functional groups attached to an aromatic ring is 1. The van der Waals surface area contributed by atoms with Gasteiger partial charge in [-0.25, -0.2) is 0 Å². The van der Waals surface area contributed by atoms with E-state index in [0.717, 1.165) is 5.69 Å². The second kappa shape index (κ2) is 5.39. The van der Waals surface area contributed by atoms with E-state index in [1.165, 1.54) is 7.11 Å². The highest BCUT2D eigenvalue weighted by Crippen LogP contribution is 2.23. The summed E-state index contributed by atoms with van der Waals surface area (Å²) in [6.07, 6.45) is 3.28. The van der Waals surface area contributed by atoms with Gasteiger partial charge in [0.05, 0.1) is 12.8 Å². The van der Waals surface area contributed by atoms with Crippen LogP contribution in [-0.4, -0.2) is 25.0 Å². The fourth-order valence-electron chi connectivity index (χ4n) is 1.72. The molecule has 2 rings (SSSR count). The molecular formula is C14H15N3O2. The van der Waals surface area contributed by atoms with Gasteiger partial charge in [-0.1, -0.05) is 0 Å². The van der Waals surface area contributed by atoms with Gasteiger partial charge in [0.15, 0.2) is 0 Å². The van der Waals surface area contributed by atoms with Crippen LogP contribution in [0.15, 0.2) is 42.7 Å². The Bertz CT molecular complexity index is 584. The van der Waals surface area contributed by atoms with Gasteiger partial charge in [0, 0.05) is 30.7 Å². The van der Waals surface area contributed by atoms with Gasteiger partial charge in [-0.05, 0) is 30.3 Å². The molecule has 1 heterocycles. The molecule has 0 aliphatic carbocycles. The van der Waals surface area contributed by atoms with Crippen LogP contribution in [-0.2, 0) is 0 Å². The fourth-order valence-corrected chi connectivity index (χ4v) is 1.72. The van der Waals surface area contributed by atoms with Gasteiger partial charge >= 0.3 is 0 Å². The lowest BCUT2D eigenvalue weighted by Crippen LogP contribution is -2.26. The summed E-state index contributed by atoms with van der Waals surface area (Å²) in [5.41, 5.74) is 7.53. The first kappa shape index (κ1) is 12.9. The number of anilines is 2. The average molecular weight is 257 g/mol. The van der Waals surface area contributed by atoms with E-state index in [9.17, 15) is 4.79 Å². The van der Waals surface area contributed by atoms with Gasteiger partial charge in [0.25, 0.3) is 5.91 Å². The summed E-state index contributed by atoms with van der Waals surface area (Å²) in [5, 5.41) is 0. The van der Waals surface area contributed by atoms with Crippen molar-refractivity contribution >= 4 is 17.3 Å². The van der Waals surface area contributed by atoms with Crippen molar-refractivity contribution in [2.24, 2.45) is 0 Å². The first-order chi connectivity index (χ1) is 9.13. The first-order valence-corrected chi connectivity index (χ1v) is 5.75. The Labute approximate surface area is 111 Å². The van der Waals surface area contributed by atoms with Crippen molar-refractivity contribution in [1.29, 1.82) is 0 Å². The third kappa shape index (κ3) is 2.65. The van der Waals surface area contributed by atoms with Crippen LogP contribution >= 0.6 is 0 Å². The largest absolute Gasteiger partial charge is 0.495 e. The zero-order valence-corrected chi connectivity index (χ0v) is 10.8. The monoisotopic (exact) mass is 257 g/mol. The van der Waals surface area contributed by atoms with E-state index in [2.05, 4.69) is 4.98 Å². The lowest BCUT2D eigenvalue weighted by Gasteiger charge is -2.17. The number of pyridine rings is 1. The Morgan fingerprint density at radius 3 is 2.58 bits per heavy atom. The van der Waals surface area contributed by atoms with E-state index >= 15 is 0 Å². The molecule has 0 saturated heterocycles. The molecule has 0 bridgehead atoms. The Balaban J connectivity index is 2.29. The molecule has 0 aliphatic rings. The Morgan fingerprint density at radius 2 is 1.95 bits per heavy atom. The quantitative estimate of drug-likeness (QED) is 0.853. The molecule has 0 radical (unpaired) electrons. The van der Waals surface area contributed by atoms with Gasteiger partial charge < -0.3 is 15.4 Å². The van der Waals surface area contributed by atoms with Crippen LogP contribution < -0.4 is 15.4 Å². The molecule has 0 unspecified atom stereocenters. The second-order valence-corrected chi connectivity index (χ2v) is 4.03. The molecule has 2 N–H and O–H groups in total. The number of methoxy groups -OCH3 is 1. The van der Waals surface area contributed by atoms with Crippen molar-refractivity contribution in [2.45, 2.75) is 0 Å². The number of nitrogens with zero attached hydrogens (tertiary/aromatic N) is 2. The summed E-state index contributed by atoms with van der Waals surface area (Å²) in [4.78, 5) is 17.8. The predicted octanol–water partition coefficient (Wildman–Crippen LogP) is 1.95. The third-order valence-electron chi connectivity index (χ3n) is 2.84. The highest BCUT2D eigenvalue weighted by molar-refractivity contribution is 6.06. The number of aromatic nitrogens is 1. The number of benzene rings is 1. The molecule has 1 amide bonds. The van der Waals surface area contributed by atoms with E-state index in [4.69, 9.17) is 10.5 Å². The Kier molecular flexibility index (Phi) is 3.66. The highest BCUT2D eigenvalue weighted by Gasteiger charge is 2.14. The molecule has 2 aromatic rings. The van der Waals surface area contributed by atoms with Crippen LogP contribution in [0.3, 0.4) is 0 Å². The lowest BCUT2D eigenvalue weighted by molar-refractivity contribution is 0.0992. The number of hydrogen-bond donors (Lipinski definition) is 1. The van der Waals surface area contributed by atoms with Crippen LogP contribution in [0.2, 0.25) is 0 Å². The number of carbonyl (C=O) groups excluding carboxylic acids is 1. The summed E-state index contributed by atoms with van der Waals surface area (Å²) in [7, 11) is 3.23. The zero-order valence-electron chi connectivity index (χ0n) is 10.8. The maximum Gasteiger partial charge on any atom is 0.258 e. The predicted molar refractivity (Wildman–Crippen MR) is 74.4 cm³/mol. The molecule has 1 aromatic heterocycles. The summed E-state index contributed by atoms with van der Waals surface area (Å²) in [6.45, 7) is 0. The molecule has 0 aliphatic heterocycles. The normalized spacial score (nSPS) is 10.0. The van der Waals surface area contributed by atoms with Crippen molar-refractivity contribution in [2.75, 3.05) is 24.8 Å². The molecule has 0 saturated carbocycles. The van der Waals surface area contributed by atoms with Crippen LogP contribution in [0, 0.1) is 0 Å². The third-order valence-corrected chi connectivity index (χ3v) is 2.84.